The standard InChI is InChI=1S/C24H17F9O2/c1-2-3-4-5-11-6-13(25)19(14(26)7-11)20-18(34)10-15(27)21(23(20)31)24(32,33)35-12-8-16(28)22(30)17(29)9-12/h6-10,34H,2-5H2,1H3. The Labute approximate surface area is 193 Å². The molecule has 0 radical (unpaired) electrons. The van der Waals surface area contributed by atoms with Crippen molar-refractivity contribution in [3.05, 3.63) is 82.2 Å². The van der Waals surface area contributed by atoms with Crippen molar-refractivity contribution in [2.45, 2.75) is 38.7 Å². The molecule has 0 saturated heterocycles. The van der Waals surface area contributed by atoms with Crippen molar-refractivity contribution >= 4 is 0 Å². The van der Waals surface area contributed by atoms with Crippen LogP contribution in [0.5, 0.6) is 11.5 Å². The lowest BCUT2D eigenvalue weighted by atomic mass is 9.96. The van der Waals surface area contributed by atoms with Crippen LogP contribution in [0.1, 0.15) is 37.3 Å². The Balaban J connectivity index is 2.10. The summed E-state index contributed by atoms with van der Waals surface area (Å²) in [5, 5.41) is 9.96. The minimum Gasteiger partial charge on any atom is -0.507 e. The lowest BCUT2D eigenvalue weighted by molar-refractivity contribution is -0.189. The monoisotopic (exact) mass is 508 g/mol. The normalized spacial score (nSPS) is 11.7. The van der Waals surface area contributed by atoms with E-state index >= 15 is 4.39 Å². The molecule has 188 valence electrons. The largest absolute Gasteiger partial charge is 0.507 e. The molecule has 0 amide bonds. The Morgan fingerprint density at radius 1 is 0.714 bits per heavy atom. The fourth-order valence-corrected chi connectivity index (χ4v) is 3.49. The number of rotatable bonds is 8. The van der Waals surface area contributed by atoms with Crippen molar-refractivity contribution in [3.8, 4) is 22.6 Å². The average molecular weight is 508 g/mol. The highest BCUT2D eigenvalue weighted by molar-refractivity contribution is 5.73. The van der Waals surface area contributed by atoms with Gasteiger partial charge in [0, 0.05) is 18.2 Å². The molecule has 0 unspecified atom stereocenters. The highest BCUT2D eigenvalue weighted by Gasteiger charge is 2.43. The van der Waals surface area contributed by atoms with E-state index in [1.165, 1.54) is 0 Å². The summed E-state index contributed by atoms with van der Waals surface area (Å²) in [5.74, 6) is -15.8. The van der Waals surface area contributed by atoms with E-state index in [9.17, 15) is 40.2 Å². The van der Waals surface area contributed by atoms with Crippen molar-refractivity contribution in [1.82, 2.24) is 0 Å². The van der Waals surface area contributed by atoms with Crippen LogP contribution in [0.2, 0.25) is 0 Å². The number of aryl methyl sites for hydroxylation is 1. The zero-order valence-corrected chi connectivity index (χ0v) is 18.0. The van der Waals surface area contributed by atoms with Crippen molar-refractivity contribution in [2.24, 2.45) is 0 Å². The van der Waals surface area contributed by atoms with Gasteiger partial charge in [-0.1, -0.05) is 19.8 Å². The second-order valence-corrected chi connectivity index (χ2v) is 7.65. The molecule has 3 aromatic rings. The topological polar surface area (TPSA) is 29.5 Å². The van der Waals surface area contributed by atoms with Crippen LogP contribution < -0.4 is 4.74 Å². The van der Waals surface area contributed by atoms with Gasteiger partial charge in [-0.2, -0.15) is 8.78 Å². The number of phenolic OH excluding ortho intramolecular Hbond substituents is 1. The number of hydrogen-bond donors (Lipinski definition) is 1. The Bertz CT molecular complexity index is 1210. The summed E-state index contributed by atoms with van der Waals surface area (Å²) in [6.45, 7) is 1.91. The van der Waals surface area contributed by atoms with E-state index in [0.29, 0.717) is 6.42 Å². The quantitative estimate of drug-likeness (QED) is 0.191. The van der Waals surface area contributed by atoms with E-state index in [-0.39, 0.29) is 30.2 Å². The summed E-state index contributed by atoms with van der Waals surface area (Å²) in [4.78, 5) is 0. The maximum atomic E-state index is 15.1. The molecule has 3 rings (SSSR count). The van der Waals surface area contributed by atoms with E-state index in [2.05, 4.69) is 4.74 Å². The van der Waals surface area contributed by atoms with Crippen LogP contribution >= 0.6 is 0 Å². The molecule has 0 aliphatic heterocycles. The van der Waals surface area contributed by atoms with Crippen LogP contribution in [-0.2, 0) is 12.5 Å². The minimum atomic E-state index is -5.01. The number of benzene rings is 3. The highest BCUT2D eigenvalue weighted by Crippen LogP contribution is 2.44. The van der Waals surface area contributed by atoms with Crippen LogP contribution in [0.15, 0.2) is 30.3 Å². The van der Waals surface area contributed by atoms with Gasteiger partial charge in [-0.15, -0.1) is 0 Å². The van der Waals surface area contributed by atoms with E-state index in [4.69, 9.17) is 0 Å². The van der Waals surface area contributed by atoms with Gasteiger partial charge < -0.3 is 9.84 Å². The van der Waals surface area contributed by atoms with Gasteiger partial charge in [0.25, 0.3) is 0 Å². The first-order chi connectivity index (χ1) is 16.4. The summed E-state index contributed by atoms with van der Waals surface area (Å²) in [6.07, 6.45) is -2.57. The molecular weight excluding hydrogens is 491 g/mol. The van der Waals surface area contributed by atoms with Gasteiger partial charge in [-0.25, -0.2) is 30.7 Å². The van der Waals surface area contributed by atoms with Gasteiger partial charge in [0.05, 0.1) is 11.1 Å². The maximum Gasteiger partial charge on any atom is 0.432 e. The summed E-state index contributed by atoms with van der Waals surface area (Å²) >= 11 is 0. The first kappa shape index (κ1) is 26.2. The fourth-order valence-electron chi connectivity index (χ4n) is 3.49. The molecule has 0 heterocycles. The van der Waals surface area contributed by atoms with E-state index in [0.717, 1.165) is 25.0 Å². The lowest BCUT2D eigenvalue weighted by Crippen LogP contribution is -2.26. The summed E-state index contributed by atoms with van der Waals surface area (Å²) in [5.41, 5.74) is -4.68. The van der Waals surface area contributed by atoms with Crippen molar-refractivity contribution in [3.63, 3.8) is 0 Å². The smallest absolute Gasteiger partial charge is 0.432 e. The second kappa shape index (κ2) is 10.1. The fraction of sp³-hybridized carbons (Fsp3) is 0.250. The molecule has 0 fully saturated rings. The molecule has 0 aliphatic rings. The summed E-state index contributed by atoms with van der Waals surface area (Å²) < 4.78 is 132. The summed E-state index contributed by atoms with van der Waals surface area (Å²) in [7, 11) is 0. The third-order valence-corrected chi connectivity index (χ3v) is 5.11. The molecule has 0 aromatic heterocycles. The lowest BCUT2D eigenvalue weighted by Gasteiger charge is -2.21. The number of alkyl halides is 2. The van der Waals surface area contributed by atoms with E-state index in [1.807, 2.05) is 6.92 Å². The van der Waals surface area contributed by atoms with E-state index in [1.54, 1.807) is 0 Å². The minimum absolute atomic E-state index is 0.0000586. The number of ether oxygens (including phenoxy) is 1. The van der Waals surface area contributed by atoms with Crippen LogP contribution in [0.4, 0.5) is 39.5 Å². The third-order valence-electron chi connectivity index (χ3n) is 5.11. The Morgan fingerprint density at radius 3 is 1.83 bits per heavy atom. The molecule has 3 aromatic carbocycles. The van der Waals surface area contributed by atoms with Gasteiger partial charge in [-0.05, 0) is 30.5 Å². The third kappa shape index (κ3) is 5.33. The molecule has 0 aliphatic carbocycles. The number of unbranched alkanes of at least 4 members (excludes halogenated alkanes) is 2. The van der Waals surface area contributed by atoms with Gasteiger partial charge in [0.2, 0.25) is 0 Å². The predicted molar refractivity (Wildman–Crippen MR) is 107 cm³/mol. The maximum absolute atomic E-state index is 15.1. The second-order valence-electron chi connectivity index (χ2n) is 7.65. The average Bonchev–Trinajstić information content (AvgIpc) is 2.73. The zero-order chi connectivity index (χ0) is 26.1. The van der Waals surface area contributed by atoms with Crippen LogP contribution in [0.3, 0.4) is 0 Å². The van der Waals surface area contributed by atoms with Gasteiger partial charge >= 0.3 is 6.11 Å². The molecule has 0 spiro atoms. The van der Waals surface area contributed by atoms with Crippen molar-refractivity contribution in [2.75, 3.05) is 0 Å². The molecule has 1 N–H and O–H groups in total. The molecule has 2 nitrogen and oxygen atoms in total. The Hall–Kier alpha value is -3.37. The number of aromatic hydroxyl groups is 1. The number of hydrogen-bond acceptors (Lipinski definition) is 2. The number of halogens is 9. The SMILES string of the molecule is CCCCCc1cc(F)c(-c2c(O)cc(F)c(C(F)(F)Oc3cc(F)c(F)c(F)c3)c2F)c(F)c1. The molecule has 11 heteroatoms. The molecule has 0 atom stereocenters. The molecule has 0 bridgehead atoms. The summed E-state index contributed by atoms with van der Waals surface area (Å²) in [6, 6.07) is 1.63. The predicted octanol–water partition coefficient (Wildman–Crippen LogP) is 7.89. The van der Waals surface area contributed by atoms with Crippen LogP contribution in [-0.4, -0.2) is 5.11 Å². The first-order valence-electron chi connectivity index (χ1n) is 10.3. The van der Waals surface area contributed by atoms with Crippen LogP contribution in [0, 0.1) is 40.7 Å². The zero-order valence-electron chi connectivity index (χ0n) is 18.0. The molecular formula is C24H17F9O2. The van der Waals surface area contributed by atoms with Gasteiger partial charge in [-0.3, -0.25) is 0 Å². The Morgan fingerprint density at radius 2 is 1.29 bits per heavy atom. The number of phenols is 1. The van der Waals surface area contributed by atoms with Crippen molar-refractivity contribution in [1.29, 1.82) is 0 Å². The Kier molecular flexibility index (Phi) is 7.56. The van der Waals surface area contributed by atoms with Crippen molar-refractivity contribution < 1.29 is 49.4 Å². The molecule has 0 saturated carbocycles. The first-order valence-corrected chi connectivity index (χ1v) is 10.3. The molecule has 35 heavy (non-hydrogen) atoms. The highest BCUT2D eigenvalue weighted by atomic mass is 19.3. The van der Waals surface area contributed by atoms with Gasteiger partial charge in [0.15, 0.2) is 23.3 Å². The van der Waals surface area contributed by atoms with Crippen LogP contribution in [0.25, 0.3) is 11.1 Å². The van der Waals surface area contributed by atoms with Gasteiger partial charge in [0.1, 0.15) is 34.5 Å². The van der Waals surface area contributed by atoms with E-state index < -0.39 is 75.0 Å².